The highest BCUT2D eigenvalue weighted by molar-refractivity contribution is 5.87. The lowest BCUT2D eigenvalue weighted by molar-refractivity contribution is -0.143. The van der Waals surface area contributed by atoms with Crippen molar-refractivity contribution in [2.75, 3.05) is 20.1 Å². The van der Waals surface area contributed by atoms with Gasteiger partial charge < -0.3 is 5.32 Å². The van der Waals surface area contributed by atoms with Crippen LogP contribution in [0.15, 0.2) is 54.7 Å². The van der Waals surface area contributed by atoms with Gasteiger partial charge in [0.2, 0.25) is 5.91 Å². The smallest absolute Gasteiger partial charge is 0.240 e. The summed E-state index contributed by atoms with van der Waals surface area (Å²) in [4.78, 5) is 19.4. The number of benzene rings is 1. The highest BCUT2D eigenvalue weighted by atomic mass is 16.2. The lowest BCUT2D eigenvalue weighted by Gasteiger charge is -2.51. The summed E-state index contributed by atoms with van der Waals surface area (Å²) in [6.07, 6.45) is 6.55. The number of amides is 1. The lowest BCUT2D eigenvalue weighted by atomic mass is 9.78. The molecule has 132 valence electrons. The quantitative estimate of drug-likeness (QED) is 0.806. The summed E-state index contributed by atoms with van der Waals surface area (Å²) in [5, 5.41) is 2.89. The molecule has 2 heterocycles. The van der Waals surface area contributed by atoms with E-state index in [9.17, 15) is 4.79 Å². The predicted octanol–water partition coefficient (Wildman–Crippen LogP) is 2.84. The van der Waals surface area contributed by atoms with Gasteiger partial charge in [-0.15, -0.1) is 0 Å². The molecular formula is C21H27N3O. The molecule has 0 radical (unpaired) electrons. The molecule has 0 aliphatic carbocycles. The fraction of sp³-hybridized carbons (Fsp3) is 0.429. The summed E-state index contributed by atoms with van der Waals surface area (Å²) >= 11 is 0. The number of carbonyl (C=O) groups excluding carboxylic acids is 1. The zero-order valence-corrected chi connectivity index (χ0v) is 14.9. The van der Waals surface area contributed by atoms with E-state index in [1.807, 2.05) is 24.4 Å². The van der Waals surface area contributed by atoms with Gasteiger partial charge in [-0.25, -0.2) is 0 Å². The van der Waals surface area contributed by atoms with Crippen molar-refractivity contribution in [1.29, 1.82) is 0 Å². The molecular weight excluding hydrogens is 310 g/mol. The third-order valence-corrected chi connectivity index (χ3v) is 5.31. The van der Waals surface area contributed by atoms with Crippen LogP contribution in [0.4, 0.5) is 0 Å². The summed E-state index contributed by atoms with van der Waals surface area (Å²) in [6, 6.07) is 16.5. The van der Waals surface area contributed by atoms with E-state index in [1.54, 1.807) is 7.05 Å². The molecule has 1 amide bonds. The van der Waals surface area contributed by atoms with E-state index in [0.717, 1.165) is 50.9 Å². The Morgan fingerprint density at radius 1 is 1.16 bits per heavy atom. The average Bonchev–Trinajstić information content (AvgIpc) is 2.65. The molecule has 1 unspecified atom stereocenters. The minimum atomic E-state index is -0.335. The zero-order chi connectivity index (χ0) is 17.5. The van der Waals surface area contributed by atoms with E-state index in [-0.39, 0.29) is 11.4 Å². The summed E-state index contributed by atoms with van der Waals surface area (Å²) in [7, 11) is 1.75. The zero-order valence-electron chi connectivity index (χ0n) is 14.9. The molecule has 0 saturated carbocycles. The number of carbonyl (C=O) groups is 1. The molecule has 0 spiro atoms. The van der Waals surface area contributed by atoms with Crippen molar-refractivity contribution in [3.8, 4) is 0 Å². The SMILES string of the molecule is CNC(=O)C1(CCCc2ccccn2)CCN1CCc1ccccc1. The van der Waals surface area contributed by atoms with Gasteiger partial charge in [-0.1, -0.05) is 36.4 Å². The van der Waals surface area contributed by atoms with Crippen molar-refractivity contribution >= 4 is 5.91 Å². The second kappa shape index (κ2) is 8.26. The van der Waals surface area contributed by atoms with Crippen molar-refractivity contribution in [3.63, 3.8) is 0 Å². The van der Waals surface area contributed by atoms with Gasteiger partial charge in [0.1, 0.15) is 5.54 Å². The first-order chi connectivity index (χ1) is 12.2. The Hall–Kier alpha value is -2.20. The molecule has 1 saturated heterocycles. The van der Waals surface area contributed by atoms with Crippen molar-refractivity contribution < 1.29 is 4.79 Å². The standard InChI is InChI=1S/C21H27N3O/c1-22-20(25)21(13-7-11-19-10-5-6-15-23-19)14-17-24(21)16-12-18-8-3-2-4-9-18/h2-6,8-10,15H,7,11-14,16-17H2,1H3,(H,22,25). The minimum Gasteiger partial charge on any atom is -0.358 e. The molecule has 1 atom stereocenters. The molecule has 1 aromatic heterocycles. The molecule has 0 bridgehead atoms. The largest absolute Gasteiger partial charge is 0.358 e. The fourth-order valence-electron chi connectivity index (χ4n) is 3.77. The van der Waals surface area contributed by atoms with Gasteiger partial charge in [0.25, 0.3) is 0 Å². The number of likely N-dealkylation sites (tertiary alicyclic amines) is 1. The van der Waals surface area contributed by atoms with Crippen LogP contribution < -0.4 is 5.32 Å². The van der Waals surface area contributed by atoms with Gasteiger partial charge in [0.05, 0.1) is 0 Å². The number of rotatable bonds is 8. The van der Waals surface area contributed by atoms with Crippen LogP contribution in [0.3, 0.4) is 0 Å². The summed E-state index contributed by atoms with van der Waals surface area (Å²) in [6.45, 7) is 1.94. The number of hydrogen-bond acceptors (Lipinski definition) is 3. The van der Waals surface area contributed by atoms with E-state index in [1.165, 1.54) is 5.56 Å². The van der Waals surface area contributed by atoms with Gasteiger partial charge >= 0.3 is 0 Å². The highest BCUT2D eigenvalue weighted by Crippen LogP contribution is 2.36. The molecule has 1 aliphatic rings. The van der Waals surface area contributed by atoms with Crippen LogP contribution in [-0.4, -0.2) is 41.5 Å². The summed E-state index contributed by atoms with van der Waals surface area (Å²) in [5.74, 6) is 0.160. The number of pyridine rings is 1. The van der Waals surface area contributed by atoms with Crippen LogP contribution in [0.25, 0.3) is 0 Å². The van der Waals surface area contributed by atoms with Gasteiger partial charge in [0.15, 0.2) is 0 Å². The maximum Gasteiger partial charge on any atom is 0.240 e. The van der Waals surface area contributed by atoms with E-state index in [0.29, 0.717) is 0 Å². The Bertz CT molecular complexity index is 674. The van der Waals surface area contributed by atoms with E-state index in [2.05, 4.69) is 45.5 Å². The molecule has 25 heavy (non-hydrogen) atoms. The summed E-state index contributed by atoms with van der Waals surface area (Å²) < 4.78 is 0. The van der Waals surface area contributed by atoms with Gasteiger partial charge in [0, 0.05) is 32.0 Å². The Balaban J connectivity index is 1.59. The average molecular weight is 337 g/mol. The third kappa shape index (κ3) is 4.07. The van der Waals surface area contributed by atoms with Crippen molar-refractivity contribution in [2.45, 2.75) is 37.6 Å². The number of nitrogens with one attached hydrogen (secondary N) is 1. The van der Waals surface area contributed by atoms with E-state index < -0.39 is 0 Å². The summed E-state index contributed by atoms with van der Waals surface area (Å²) in [5.41, 5.74) is 2.09. The monoisotopic (exact) mass is 337 g/mol. The Kier molecular flexibility index (Phi) is 5.82. The first-order valence-corrected chi connectivity index (χ1v) is 9.16. The second-order valence-corrected chi connectivity index (χ2v) is 6.76. The van der Waals surface area contributed by atoms with Crippen molar-refractivity contribution in [1.82, 2.24) is 15.2 Å². The first-order valence-electron chi connectivity index (χ1n) is 9.16. The molecule has 1 aliphatic heterocycles. The number of aromatic nitrogens is 1. The molecule has 1 N–H and O–H groups in total. The lowest BCUT2D eigenvalue weighted by Crippen LogP contribution is -2.67. The van der Waals surface area contributed by atoms with Crippen LogP contribution >= 0.6 is 0 Å². The molecule has 3 rings (SSSR count). The fourth-order valence-corrected chi connectivity index (χ4v) is 3.77. The van der Waals surface area contributed by atoms with E-state index >= 15 is 0 Å². The molecule has 4 heteroatoms. The van der Waals surface area contributed by atoms with Crippen LogP contribution in [0.5, 0.6) is 0 Å². The maximum absolute atomic E-state index is 12.6. The normalized spacial score (nSPS) is 20.0. The van der Waals surface area contributed by atoms with Crippen LogP contribution in [0.1, 0.15) is 30.5 Å². The number of nitrogens with zero attached hydrogens (tertiary/aromatic N) is 2. The van der Waals surface area contributed by atoms with Gasteiger partial charge in [-0.2, -0.15) is 0 Å². The number of likely N-dealkylation sites (N-methyl/N-ethyl adjacent to an activating group) is 1. The minimum absolute atomic E-state index is 0.160. The maximum atomic E-state index is 12.6. The number of hydrogen-bond donors (Lipinski definition) is 1. The molecule has 4 nitrogen and oxygen atoms in total. The van der Waals surface area contributed by atoms with Gasteiger partial charge in [-0.3, -0.25) is 14.7 Å². The Labute approximate surface area is 150 Å². The van der Waals surface area contributed by atoms with E-state index in [4.69, 9.17) is 0 Å². The van der Waals surface area contributed by atoms with Crippen molar-refractivity contribution in [3.05, 3.63) is 66.0 Å². The van der Waals surface area contributed by atoms with Crippen LogP contribution in [-0.2, 0) is 17.6 Å². The van der Waals surface area contributed by atoms with Crippen molar-refractivity contribution in [2.24, 2.45) is 0 Å². The molecule has 1 fully saturated rings. The van der Waals surface area contributed by atoms with Gasteiger partial charge in [-0.05, 0) is 49.8 Å². The Morgan fingerprint density at radius 3 is 2.60 bits per heavy atom. The predicted molar refractivity (Wildman–Crippen MR) is 100 cm³/mol. The third-order valence-electron chi connectivity index (χ3n) is 5.31. The highest BCUT2D eigenvalue weighted by Gasteiger charge is 2.49. The first kappa shape index (κ1) is 17.6. The second-order valence-electron chi connectivity index (χ2n) is 6.76. The Morgan fingerprint density at radius 2 is 1.96 bits per heavy atom. The van der Waals surface area contributed by atoms with Crippen LogP contribution in [0, 0.1) is 0 Å². The molecule has 1 aromatic carbocycles. The molecule has 2 aromatic rings. The van der Waals surface area contributed by atoms with Crippen LogP contribution in [0.2, 0.25) is 0 Å². The number of aryl methyl sites for hydroxylation is 1. The topological polar surface area (TPSA) is 45.2 Å².